The van der Waals surface area contributed by atoms with Gasteiger partial charge in [0, 0.05) is 25.8 Å². The lowest BCUT2D eigenvalue weighted by atomic mass is 10.1. The predicted octanol–water partition coefficient (Wildman–Crippen LogP) is 0.214. The molecule has 1 heterocycles. The van der Waals surface area contributed by atoms with Gasteiger partial charge in [0.1, 0.15) is 0 Å². The number of amides is 1. The highest BCUT2D eigenvalue weighted by Crippen LogP contribution is 2.21. The molecule has 1 aliphatic heterocycles. The number of hydrogen-bond acceptors (Lipinski definition) is 4. The molecule has 1 fully saturated rings. The molecule has 0 aromatic heterocycles. The maximum atomic E-state index is 12.3. The first-order valence-electron chi connectivity index (χ1n) is 5.96. The number of hydrogen-bond donors (Lipinski definition) is 3. The van der Waals surface area contributed by atoms with Gasteiger partial charge >= 0.3 is 0 Å². The average Bonchev–Trinajstić information content (AvgIpc) is 2.68. The number of aliphatic hydroxyl groups is 2. The second kappa shape index (κ2) is 4.96. The summed E-state index contributed by atoms with van der Waals surface area (Å²) in [4.78, 5) is 13.8. The number of nitrogens with one attached hydrogen (secondary N) is 1. The van der Waals surface area contributed by atoms with Crippen LogP contribution in [-0.4, -0.2) is 53.4 Å². The molecule has 2 unspecified atom stereocenters. The summed E-state index contributed by atoms with van der Waals surface area (Å²) >= 11 is 0. The Hall–Kier alpha value is -1.59. The van der Waals surface area contributed by atoms with E-state index in [0.29, 0.717) is 5.56 Å². The van der Waals surface area contributed by atoms with Gasteiger partial charge in [-0.1, -0.05) is 11.6 Å². The fourth-order valence-electron chi connectivity index (χ4n) is 2.16. The molecule has 0 spiro atoms. The molecule has 1 aliphatic rings. The molecule has 5 nitrogen and oxygen atoms in total. The maximum absolute atomic E-state index is 12.3. The van der Waals surface area contributed by atoms with Crippen LogP contribution in [0.1, 0.15) is 15.9 Å². The van der Waals surface area contributed by atoms with Crippen molar-refractivity contribution in [2.24, 2.45) is 0 Å². The highest BCUT2D eigenvalue weighted by molar-refractivity contribution is 6.00. The van der Waals surface area contributed by atoms with E-state index in [9.17, 15) is 15.0 Å². The summed E-state index contributed by atoms with van der Waals surface area (Å²) in [7, 11) is 1.76. The molecule has 2 rings (SSSR count). The van der Waals surface area contributed by atoms with Crippen LogP contribution in [0.2, 0.25) is 0 Å². The third kappa shape index (κ3) is 2.32. The Kier molecular flexibility index (Phi) is 3.54. The van der Waals surface area contributed by atoms with Crippen molar-refractivity contribution < 1.29 is 15.0 Å². The minimum Gasteiger partial charge on any atom is -0.388 e. The summed E-state index contributed by atoms with van der Waals surface area (Å²) in [6, 6.07) is 5.59. The third-order valence-corrected chi connectivity index (χ3v) is 3.22. The summed E-state index contributed by atoms with van der Waals surface area (Å²) in [6.07, 6.45) is -1.70. The summed E-state index contributed by atoms with van der Waals surface area (Å²) in [5, 5.41) is 21.9. The largest absolute Gasteiger partial charge is 0.388 e. The molecule has 1 amide bonds. The van der Waals surface area contributed by atoms with Crippen LogP contribution in [0.4, 0.5) is 5.69 Å². The minimum absolute atomic E-state index is 0.168. The van der Waals surface area contributed by atoms with Crippen molar-refractivity contribution in [2.75, 3.05) is 25.5 Å². The highest BCUT2D eigenvalue weighted by atomic mass is 16.3. The van der Waals surface area contributed by atoms with E-state index in [1.54, 1.807) is 7.05 Å². The molecule has 98 valence electrons. The summed E-state index contributed by atoms with van der Waals surface area (Å²) < 4.78 is 0. The fraction of sp³-hybridized carbons (Fsp3) is 0.462. The fourth-order valence-corrected chi connectivity index (χ4v) is 2.16. The monoisotopic (exact) mass is 250 g/mol. The van der Waals surface area contributed by atoms with Gasteiger partial charge in [-0.25, -0.2) is 0 Å². The Labute approximate surface area is 106 Å². The second-order valence-electron chi connectivity index (χ2n) is 4.64. The minimum atomic E-state index is -0.850. The first-order valence-corrected chi connectivity index (χ1v) is 5.96. The lowest BCUT2D eigenvalue weighted by Crippen LogP contribution is -2.30. The van der Waals surface area contributed by atoms with Gasteiger partial charge < -0.3 is 20.4 Å². The van der Waals surface area contributed by atoms with Crippen LogP contribution in [0.5, 0.6) is 0 Å². The smallest absolute Gasteiger partial charge is 0.256 e. The van der Waals surface area contributed by atoms with E-state index in [0.717, 1.165) is 11.3 Å². The van der Waals surface area contributed by atoms with Crippen molar-refractivity contribution in [3.05, 3.63) is 29.3 Å². The molecule has 2 atom stereocenters. The quantitative estimate of drug-likeness (QED) is 0.702. The first kappa shape index (κ1) is 12.9. The predicted molar refractivity (Wildman–Crippen MR) is 68.6 cm³/mol. The number of aryl methyl sites for hydroxylation is 1. The highest BCUT2D eigenvalue weighted by Gasteiger charge is 2.33. The lowest BCUT2D eigenvalue weighted by molar-refractivity contribution is 0.0572. The zero-order chi connectivity index (χ0) is 13.3. The molecule has 0 radical (unpaired) electrons. The van der Waals surface area contributed by atoms with Crippen molar-refractivity contribution in [3.8, 4) is 0 Å². The first-order chi connectivity index (χ1) is 8.52. The van der Waals surface area contributed by atoms with E-state index < -0.39 is 12.2 Å². The van der Waals surface area contributed by atoms with Crippen LogP contribution in [-0.2, 0) is 0 Å². The number of rotatable bonds is 2. The Morgan fingerprint density at radius 2 is 1.94 bits per heavy atom. The molecule has 1 saturated heterocycles. The number of likely N-dealkylation sites (tertiary alicyclic amines) is 1. The molecular formula is C13H18N2O3. The van der Waals surface area contributed by atoms with E-state index in [1.807, 2.05) is 25.1 Å². The summed E-state index contributed by atoms with van der Waals surface area (Å²) in [5.74, 6) is -0.168. The van der Waals surface area contributed by atoms with Crippen molar-refractivity contribution in [1.82, 2.24) is 4.90 Å². The number of benzene rings is 1. The molecule has 1 aromatic rings. The average molecular weight is 250 g/mol. The van der Waals surface area contributed by atoms with E-state index in [4.69, 9.17) is 0 Å². The molecule has 3 N–H and O–H groups in total. The van der Waals surface area contributed by atoms with Crippen LogP contribution in [0.25, 0.3) is 0 Å². The van der Waals surface area contributed by atoms with Crippen molar-refractivity contribution >= 4 is 11.6 Å². The number of β-amino-alcohol motifs (C(OH)–C–C–N with tert-alkyl or cyclic N) is 2. The Morgan fingerprint density at radius 1 is 1.33 bits per heavy atom. The van der Waals surface area contributed by atoms with E-state index in [-0.39, 0.29) is 19.0 Å². The Bertz CT molecular complexity index is 452. The SMILES string of the molecule is CNc1ccc(C)cc1C(=O)N1CC(O)C(O)C1. The molecule has 5 heteroatoms. The van der Waals surface area contributed by atoms with Crippen LogP contribution in [0, 0.1) is 6.92 Å². The third-order valence-electron chi connectivity index (χ3n) is 3.22. The van der Waals surface area contributed by atoms with Gasteiger partial charge in [0.2, 0.25) is 0 Å². The van der Waals surface area contributed by atoms with Gasteiger partial charge in [0.05, 0.1) is 17.8 Å². The van der Waals surface area contributed by atoms with Crippen LogP contribution in [0.15, 0.2) is 18.2 Å². The molecule has 18 heavy (non-hydrogen) atoms. The van der Waals surface area contributed by atoms with Crippen LogP contribution in [0.3, 0.4) is 0 Å². The standard InChI is InChI=1S/C13H18N2O3/c1-8-3-4-10(14-2)9(5-8)13(18)15-6-11(16)12(17)7-15/h3-5,11-12,14,16-17H,6-7H2,1-2H3. The molecule has 0 bridgehead atoms. The van der Waals surface area contributed by atoms with Gasteiger partial charge in [0.15, 0.2) is 0 Å². The Morgan fingerprint density at radius 3 is 2.50 bits per heavy atom. The molecular weight excluding hydrogens is 232 g/mol. The number of aliphatic hydroxyl groups excluding tert-OH is 2. The van der Waals surface area contributed by atoms with Gasteiger partial charge in [-0.3, -0.25) is 4.79 Å². The zero-order valence-electron chi connectivity index (χ0n) is 10.6. The molecule has 0 aliphatic carbocycles. The molecule has 0 saturated carbocycles. The number of carbonyl (C=O) groups excluding carboxylic acids is 1. The van der Waals surface area contributed by atoms with Crippen LogP contribution >= 0.6 is 0 Å². The van der Waals surface area contributed by atoms with E-state index >= 15 is 0 Å². The van der Waals surface area contributed by atoms with Gasteiger partial charge in [0.25, 0.3) is 5.91 Å². The summed E-state index contributed by atoms with van der Waals surface area (Å²) in [5.41, 5.74) is 2.32. The maximum Gasteiger partial charge on any atom is 0.256 e. The van der Waals surface area contributed by atoms with Crippen LogP contribution < -0.4 is 5.32 Å². The Balaban J connectivity index is 2.26. The topological polar surface area (TPSA) is 72.8 Å². The van der Waals surface area contributed by atoms with Gasteiger partial charge in [-0.15, -0.1) is 0 Å². The van der Waals surface area contributed by atoms with Crippen molar-refractivity contribution in [3.63, 3.8) is 0 Å². The normalized spacial score (nSPS) is 23.2. The van der Waals surface area contributed by atoms with Gasteiger partial charge in [-0.2, -0.15) is 0 Å². The van der Waals surface area contributed by atoms with Gasteiger partial charge in [-0.05, 0) is 19.1 Å². The number of anilines is 1. The van der Waals surface area contributed by atoms with E-state index in [1.165, 1.54) is 4.90 Å². The summed E-state index contributed by atoms with van der Waals surface area (Å²) in [6.45, 7) is 2.28. The van der Waals surface area contributed by atoms with Crippen molar-refractivity contribution in [2.45, 2.75) is 19.1 Å². The number of nitrogens with zero attached hydrogens (tertiary/aromatic N) is 1. The van der Waals surface area contributed by atoms with E-state index in [2.05, 4.69) is 5.32 Å². The van der Waals surface area contributed by atoms with Crippen molar-refractivity contribution in [1.29, 1.82) is 0 Å². The number of carbonyl (C=O) groups is 1. The lowest BCUT2D eigenvalue weighted by Gasteiger charge is -2.18. The second-order valence-corrected chi connectivity index (χ2v) is 4.64. The zero-order valence-corrected chi connectivity index (χ0v) is 10.6. The molecule has 1 aromatic carbocycles.